The van der Waals surface area contributed by atoms with Gasteiger partial charge in [0.25, 0.3) is 0 Å². The molecular weight excluding hydrogens is 422 g/mol. The zero-order valence-corrected chi connectivity index (χ0v) is 19.2. The lowest BCUT2D eigenvalue weighted by Crippen LogP contribution is -2.50. The fraction of sp³-hybridized carbons (Fsp3) is 0.950. The van der Waals surface area contributed by atoms with Gasteiger partial charge >= 0.3 is 5.97 Å². The Morgan fingerprint density at radius 3 is 2.28 bits per heavy atom. The minimum atomic E-state index is -1.20. The van der Waals surface area contributed by atoms with Gasteiger partial charge in [-0.2, -0.15) is 0 Å². The summed E-state index contributed by atoms with van der Waals surface area (Å²) in [5, 5.41) is 0. The topological polar surface area (TPSA) is 51.2 Å². The van der Waals surface area contributed by atoms with E-state index in [0.29, 0.717) is 13.2 Å². The van der Waals surface area contributed by atoms with Gasteiger partial charge in [0.2, 0.25) is 6.36 Å². The molecule has 0 spiro atoms. The van der Waals surface area contributed by atoms with Crippen LogP contribution in [0.15, 0.2) is 0 Å². The predicted molar refractivity (Wildman–Crippen MR) is 114 cm³/mol. The summed E-state index contributed by atoms with van der Waals surface area (Å²) in [4.78, 5) is 16.6. The summed E-state index contributed by atoms with van der Waals surface area (Å²) in [5.74, 6) is -0.133. The summed E-state index contributed by atoms with van der Waals surface area (Å²) in [5.41, 5.74) is 0. The van der Waals surface area contributed by atoms with Crippen molar-refractivity contribution in [3.63, 3.8) is 0 Å². The van der Waals surface area contributed by atoms with Crippen LogP contribution in [0.25, 0.3) is 0 Å². The van der Waals surface area contributed by atoms with Crippen LogP contribution in [0.3, 0.4) is 0 Å². The zero-order chi connectivity index (χ0) is 19.2. The van der Waals surface area contributed by atoms with Crippen LogP contribution in [-0.2, 0) is 19.0 Å². The number of carbonyl (C=O) groups is 1. The molecule has 6 nitrogen and oxygen atoms in total. The van der Waals surface area contributed by atoms with Crippen LogP contribution < -0.4 is 0 Å². The molecule has 2 aliphatic heterocycles. The highest BCUT2D eigenvalue weighted by Crippen LogP contribution is 2.32. The molecule has 0 radical (unpaired) electrons. The first-order chi connectivity index (χ1) is 13.1. The minimum absolute atomic E-state index is 0. The van der Waals surface area contributed by atoms with Crippen molar-refractivity contribution >= 4 is 30.8 Å². The minimum Gasteiger partial charge on any atom is -0.466 e. The van der Waals surface area contributed by atoms with Crippen LogP contribution in [0, 0.1) is 11.8 Å². The first kappa shape index (κ1) is 26.9. The number of carbonyl (C=O) groups excluding carboxylic acids is 1. The molecule has 1 saturated carbocycles. The Morgan fingerprint density at radius 2 is 1.69 bits per heavy atom. The van der Waals surface area contributed by atoms with Gasteiger partial charge in [0.15, 0.2) is 6.35 Å². The lowest BCUT2D eigenvalue weighted by atomic mass is 9.87. The Morgan fingerprint density at radius 1 is 1.03 bits per heavy atom. The van der Waals surface area contributed by atoms with Crippen LogP contribution in [0.2, 0.25) is 0 Å². The first-order valence-electron chi connectivity index (χ1n) is 10.6. The van der Waals surface area contributed by atoms with E-state index in [0.717, 1.165) is 51.7 Å². The Kier molecular flexibility index (Phi) is 12.3. The van der Waals surface area contributed by atoms with Crippen LogP contribution in [0.5, 0.6) is 0 Å². The molecule has 1 aliphatic carbocycles. The van der Waals surface area contributed by atoms with Crippen molar-refractivity contribution in [3.8, 4) is 0 Å². The van der Waals surface area contributed by atoms with Crippen molar-refractivity contribution in [3.05, 3.63) is 0 Å². The fourth-order valence-corrected chi connectivity index (χ4v) is 4.65. The van der Waals surface area contributed by atoms with Gasteiger partial charge in [-0.3, -0.25) is 14.6 Å². The van der Waals surface area contributed by atoms with Gasteiger partial charge in [0, 0.05) is 39.2 Å². The van der Waals surface area contributed by atoms with E-state index in [9.17, 15) is 9.18 Å². The molecule has 0 amide bonds. The second-order valence-electron chi connectivity index (χ2n) is 8.06. The normalized spacial score (nSPS) is 30.2. The Labute approximate surface area is 186 Å². The van der Waals surface area contributed by atoms with E-state index in [2.05, 4.69) is 9.80 Å². The quantitative estimate of drug-likeness (QED) is 0.517. The van der Waals surface area contributed by atoms with Gasteiger partial charge in [0.1, 0.15) is 0 Å². The van der Waals surface area contributed by atoms with Gasteiger partial charge in [-0.1, -0.05) is 0 Å². The molecule has 3 aliphatic rings. The lowest BCUT2D eigenvalue weighted by Gasteiger charge is -2.39. The first-order valence-corrected chi connectivity index (χ1v) is 10.6. The number of ether oxygens (including phenoxy) is 3. The molecule has 2 unspecified atom stereocenters. The number of likely N-dealkylation sites (tertiary alicyclic amines) is 2. The van der Waals surface area contributed by atoms with Crippen molar-refractivity contribution in [1.82, 2.24) is 9.80 Å². The molecule has 172 valence electrons. The number of halogens is 3. The fourth-order valence-electron chi connectivity index (χ4n) is 4.65. The van der Waals surface area contributed by atoms with Crippen LogP contribution in [-0.4, -0.2) is 74.5 Å². The van der Waals surface area contributed by atoms with E-state index in [4.69, 9.17) is 14.2 Å². The van der Waals surface area contributed by atoms with E-state index < -0.39 is 6.36 Å². The van der Waals surface area contributed by atoms with E-state index in [1.54, 1.807) is 0 Å². The number of methoxy groups -OCH3 is 1. The maximum absolute atomic E-state index is 13.9. The van der Waals surface area contributed by atoms with Crippen molar-refractivity contribution in [2.45, 2.75) is 70.7 Å². The van der Waals surface area contributed by atoms with Gasteiger partial charge in [0.05, 0.1) is 18.6 Å². The lowest BCUT2D eigenvalue weighted by molar-refractivity contribution is -0.181. The van der Waals surface area contributed by atoms with Crippen LogP contribution in [0.4, 0.5) is 4.39 Å². The SMILES string of the molecule is CCOC(=O)[C@H]1CC[C@H](OC(N2CCCC2)N2CC[C@H](C(F)OC)C2)CC1.Cl.Cl. The molecule has 0 aromatic heterocycles. The summed E-state index contributed by atoms with van der Waals surface area (Å²) in [7, 11) is 1.43. The molecule has 3 atom stereocenters. The monoisotopic (exact) mass is 458 g/mol. The van der Waals surface area contributed by atoms with E-state index in [-0.39, 0.29) is 55.1 Å². The van der Waals surface area contributed by atoms with Crippen LogP contribution in [0.1, 0.15) is 51.9 Å². The second kappa shape index (κ2) is 13.3. The van der Waals surface area contributed by atoms with E-state index in [1.807, 2.05) is 6.92 Å². The molecule has 9 heteroatoms. The summed E-state index contributed by atoms with van der Waals surface area (Å²) in [6.07, 6.45) is 5.49. The Bertz CT molecular complexity index is 477. The summed E-state index contributed by atoms with van der Waals surface area (Å²) in [6, 6.07) is 0. The van der Waals surface area contributed by atoms with Crippen molar-refractivity contribution in [1.29, 1.82) is 0 Å². The molecule has 2 saturated heterocycles. The average molecular weight is 459 g/mol. The third-order valence-electron chi connectivity index (χ3n) is 6.23. The van der Waals surface area contributed by atoms with E-state index in [1.165, 1.54) is 20.0 Å². The summed E-state index contributed by atoms with van der Waals surface area (Å²) >= 11 is 0. The maximum atomic E-state index is 13.9. The van der Waals surface area contributed by atoms with E-state index >= 15 is 0 Å². The summed E-state index contributed by atoms with van der Waals surface area (Å²) in [6.45, 7) is 5.88. The standard InChI is InChI=1S/C20H35FN2O4.2ClH/c1-3-26-19(24)15-6-8-17(9-7-15)27-20(22-11-4-5-12-22)23-13-10-16(14-23)18(21)25-2;;/h15-18,20H,3-14H2,1-2H3;2*1H/t15-,16-,17-,18?,20?;;/m0../s1. The molecule has 0 aromatic rings. The van der Waals surface area contributed by atoms with Crippen LogP contribution >= 0.6 is 24.8 Å². The Balaban J connectivity index is 0.00000210. The number of esters is 1. The molecule has 0 aromatic carbocycles. The highest BCUT2D eigenvalue weighted by Gasteiger charge is 2.39. The zero-order valence-electron chi connectivity index (χ0n) is 17.6. The van der Waals surface area contributed by atoms with Gasteiger partial charge in [-0.05, 0) is 51.9 Å². The van der Waals surface area contributed by atoms with Crippen molar-refractivity contribution in [2.24, 2.45) is 11.8 Å². The van der Waals surface area contributed by atoms with Gasteiger partial charge < -0.3 is 14.2 Å². The second-order valence-corrected chi connectivity index (χ2v) is 8.06. The predicted octanol–water partition coefficient (Wildman–Crippen LogP) is 3.61. The number of hydrogen-bond donors (Lipinski definition) is 0. The molecule has 29 heavy (non-hydrogen) atoms. The average Bonchev–Trinajstić information content (AvgIpc) is 3.38. The molecule has 3 fully saturated rings. The number of alkyl halides is 1. The molecular formula is C20H37Cl2FN2O4. The molecule has 0 N–H and O–H groups in total. The largest absolute Gasteiger partial charge is 0.466 e. The highest BCUT2D eigenvalue weighted by molar-refractivity contribution is 5.85. The molecule has 2 heterocycles. The van der Waals surface area contributed by atoms with Gasteiger partial charge in [-0.25, -0.2) is 4.39 Å². The molecule has 3 rings (SSSR count). The highest BCUT2D eigenvalue weighted by atomic mass is 35.5. The number of nitrogens with zero attached hydrogens (tertiary/aromatic N) is 2. The third kappa shape index (κ3) is 7.18. The van der Waals surface area contributed by atoms with Crippen molar-refractivity contribution in [2.75, 3.05) is 39.9 Å². The molecule has 0 bridgehead atoms. The van der Waals surface area contributed by atoms with Crippen molar-refractivity contribution < 1.29 is 23.4 Å². The Hall–Kier alpha value is -0.180. The maximum Gasteiger partial charge on any atom is 0.308 e. The summed E-state index contributed by atoms with van der Waals surface area (Å²) < 4.78 is 30.6. The third-order valence-corrected chi connectivity index (χ3v) is 6.23. The number of rotatable bonds is 8. The number of hydrogen-bond acceptors (Lipinski definition) is 6. The van der Waals surface area contributed by atoms with Gasteiger partial charge in [-0.15, -0.1) is 24.8 Å². The smallest absolute Gasteiger partial charge is 0.308 e.